The molecule has 0 amide bonds. The van der Waals surface area contributed by atoms with Crippen LogP contribution in [0.1, 0.15) is 25.0 Å². The summed E-state index contributed by atoms with van der Waals surface area (Å²) in [5, 5.41) is 4.39. The highest BCUT2D eigenvalue weighted by Gasteiger charge is 2.03. The molecule has 0 radical (unpaired) electrons. The van der Waals surface area contributed by atoms with Crippen LogP contribution in [0.2, 0.25) is 0 Å². The van der Waals surface area contributed by atoms with Crippen molar-refractivity contribution in [3.8, 4) is 11.3 Å². The molecule has 1 aromatic carbocycles. The minimum absolute atomic E-state index is 1.05. The van der Waals surface area contributed by atoms with Gasteiger partial charge in [-0.1, -0.05) is 37.6 Å². The molecule has 0 atom stereocenters. The first kappa shape index (κ1) is 12.5. The molecule has 0 aliphatic rings. The minimum Gasteiger partial charge on any atom is -0.275 e. The van der Waals surface area contributed by atoms with Gasteiger partial charge in [-0.2, -0.15) is 5.10 Å². The molecular formula is C14H20N2. The maximum atomic E-state index is 4.39. The van der Waals surface area contributed by atoms with E-state index in [-0.39, 0.29) is 0 Å². The summed E-state index contributed by atoms with van der Waals surface area (Å²) in [5.74, 6) is 0. The number of aromatic nitrogens is 2. The third kappa shape index (κ3) is 2.72. The van der Waals surface area contributed by atoms with E-state index in [1.54, 1.807) is 0 Å². The standard InChI is InChI=1S/C12H14N2.C2H6/c1-9-4-5-11(10(2)8-9)12-6-7-14(3)13-12;1-2/h4-8H,1-3H3;1-2H3. The van der Waals surface area contributed by atoms with Gasteiger partial charge in [0.1, 0.15) is 0 Å². The highest BCUT2D eigenvalue weighted by molar-refractivity contribution is 5.63. The van der Waals surface area contributed by atoms with Crippen molar-refractivity contribution in [3.63, 3.8) is 0 Å². The normalized spacial score (nSPS) is 9.56. The number of rotatable bonds is 1. The highest BCUT2D eigenvalue weighted by Crippen LogP contribution is 2.21. The molecule has 0 saturated heterocycles. The Morgan fingerprint density at radius 1 is 1.06 bits per heavy atom. The zero-order valence-corrected chi connectivity index (χ0v) is 10.8. The highest BCUT2D eigenvalue weighted by atomic mass is 15.2. The van der Waals surface area contributed by atoms with Crippen LogP contribution in [0, 0.1) is 13.8 Å². The molecule has 1 aromatic heterocycles. The molecular weight excluding hydrogens is 196 g/mol. The molecule has 2 heteroatoms. The average Bonchev–Trinajstić information content (AvgIpc) is 2.68. The zero-order chi connectivity index (χ0) is 12.1. The fraction of sp³-hybridized carbons (Fsp3) is 0.357. The second-order valence-corrected chi connectivity index (χ2v) is 3.69. The smallest absolute Gasteiger partial charge is 0.0925 e. The molecule has 16 heavy (non-hydrogen) atoms. The molecule has 0 aliphatic heterocycles. The van der Waals surface area contributed by atoms with E-state index >= 15 is 0 Å². The van der Waals surface area contributed by atoms with Crippen molar-refractivity contribution in [2.24, 2.45) is 7.05 Å². The minimum atomic E-state index is 1.05. The zero-order valence-electron chi connectivity index (χ0n) is 10.8. The maximum Gasteiger partial charge on any atom is 0.0925 e. The van der Waals surface area contributed by atoms with E-state index in [2.05, 4.69) is 37.1 Å². The van der Waals surface area contributed by atoms with Gasteiger partial charge < -0.3 is 0 Å². The quantitative estimate of drug-likeness (QED) is 0.710. The van der Waals surface area contributed by atoms with Crippen LogP contribution in [0.15, 0.2) is 30.5 Å². The summed E-state index contributed by atoms with van der Waals surface area (Å²) in [5.41, 5.74) is 4.84. The van der Waals surface area contributed by atoms with Crippen LogP contribution in [0.25, 0.3) is 11.3 Å². The molecule has 0 fully saturated rings. The number of nitrogens with zero attached hydrogens (tertiary/aromatic N) is 2. The van der Waals surface area contributed by atoms with Crippen molar-refractivity contribution >= 4 is 0 Å². The van der Waals surface area contributed by atoms with Crippen molar-refractivity contribution in [2.75, 3.05) is 0 Å². The molecule has 86 valence electrons. The summed E-state index contributed by atoms with van der Waals surface area (Å²) < 4.78 is 1.83. The summed E-state index contributed by atoms with van der Waals surface area (Å²) in [7, 11) is 1.94. The van der Waals surface area contributed by atoms with Gasteiger partial charge in [-0.3, -0.25) is 4.68 Å². The Labute approximate surface area is 97.9 Å². The fourth-order valence-corrected chi connectivity index (χ4v) is 1.66. The molecule has 0 saturated carbocycles. The largest absolute Gasteiger partial charge is 0.275 e. The van der Waals surface area contributed by atoms with E-state index in [1.165, 1.54) is 16.7 Å². The Balaban J connectivity index is 0.000000606. The molecule has 0 unspecified atom stereocenters. The van der Waals surface area contributed by atoms with Crippen molar-refractivity contribution in [2.45, 2.75) is 27.7 Å². The lowest BCUT2D eigenvalue weighted by Gasteiger charge is -2.03. The molecule has 1 heterocycles. The summed E-state index contributed by atoms with van der Waals surface area (Å²) in [6, 6.07) is 8.48. The van der Waals surface area contributed by atoms with Gasteiger partial charge >= 0.3 is 0 Å². The Bertz CT molecular complexity index is 456. The number of hydrogen-bond donors (Lipinski definition) is 0. The van der Waals surface area contributed by atoms with Crippen LogP contribution in [-0.2, 0) is 7.05 Å². The Morgan fingerprint density at radius 3 is 2.25 bits per heavy atom. The van der Waals surface area contributed by atoms with Crippen molar-refractivity contribution in [3.05, 3.63) is 41.6 Å². The third-order valence-corrected chi connectivity index (χ3v) is 2.37. The van der Waals surface area contributed by atoms with E-state index < -0.39 is 0 Å². The van der Waals surface area contributed by atoms with Gasteiger partial charge in [-0.15, -0.1) is 0 Å². The van der Waals surface area contributed by atoms with E-state index in [0.29, 0.717) is 0 Å². The van der Waals surface area contributed by atoms with E-state index in [4.69, 9.17) is 0 Å². The topological polar surface area (TPSA) is 17.8 Å². The second-order valence-electron chi connectivity index (χ2n) is 3.69. The third-order valence-electron chi connectivity index (χ3n) is 2.37. The van der Waals surface area contributed by atoms with E-state index in [0.717, 1.165) is 5.69 Å². The Morgan fingerprint density at radius 2 is 1.75 bits per heavy atom. The summed E-state index contributed by atoms with van der Waals surface area (Å²) in [6.07, 6.45) is 1.97. The van der Waals surface area contributed by atoms with Crippen LogP contribution in [0.3, 0.4) is 0 Å². The van der Waals surface area contributed by atoms with Crippen LogP contribution >= 0.6 is 0 Å². The Kier molecular flexibility index (Phi) is 4.29. The van der Waals surface area contributed by atoms with Crippen LogP contribution < -0.4 is 0 Å². The number of aryl methyl sites for hydroxylation is 3. The Hall–Kier alpha value is -1.57. The molecule has 0 N–H and O–H groups in total. The lowest BCUT2D eigenvalue weighted by molar-refractivity contribution is 0.771. The second kappa shape index (κ2) is 5.50. The maximum absolute atomic E-state index is 4.39. The number of hydrogen-bond acceptors (Lipinski definition) is 1. The van der Waals surface area contributed by atoms with Crippen LogP contribution in [-0.4, -0.2) is 9.78 Å². The van der Waals surface area contributed by atoms with Crippen LogP contribution in [0.4, 0.5) is 0 Å². The van der Waals surface area contributed by atoms with Gasteiger partial charge in [0.15, 0.2) is 0 Å². The SMILES string of the molecule is CC.Cc1ccc(-c2ccn(C)n2)c(C)c1. The molecule has 0 bridgehead atoms. The van der Waals surface area contributed by atoms with Gasteiger partial charge in [0.2, 0.25) is 0 Å². The van der Waals surface area contributed by atoms with Gasteiger partial charge in [0.25, 0.3) is 0 Å². The molecule has 2 aromatic rings. The predicted octanol–water partition coefficient (Wildman–Crippen LogP) is 3.73. The van der Waals surface area contributed by atoms with Crippen molar-refractivity contribution in [1.29, 1.82) is 0 Å². The van der Waals surface area contributed by atoms with Gasteiger partial charge in [0, 0.05) is 18.8 Å². The van der Waals surface area contributed by atoms with Gasteiger partial charge in [-0.25, -0.2) is 0 Å². The first-order valence-corrected chi connectivity index (χ1v) is 5.74. The van der Waals surface area contributed by atoms with Crippen molar-refractivity contribution in [1.82, 2.24) is 9.78 Å². The monoisotopic (exact) mass is 216 g/mol. The first-order chi connectivity index (χ1) is 7.66. The summed E-state index contributed by atoms with van der Waals surface area (Å²) in [6.45, 7) is 8.23. The van der Waals surface area contributed by atoms with E-state index in [1.807, 2.05) is 37.8 Å². The van der Waals surface area contributed by atoms with Crippen molar-refractivity contribution < 1.29 is 0 Å². The fourth-order valence-electron chi connectivity index (χ4n) is 1.66. The lowest BCUT2D eigenvalue weighted by atomic mass is 10.0. The van der Waals surface area contributed by atoms with Gasteiger partial charge in [0.05, 0.1) is 5.69 Å². The van der Waals surface area contributed by atoms with Crippen LogP contribution in [0.5, 0.6) is 0 Å². The lowest BCUT2D eigenvalue weighted by Crippen LogP contribution is -1.89. The summed E-state index contributed by atoms with van der Waals surface area (Å²) >= 11 is 0. The molecule has 0 spiro atoms. The predicted molar refractivity (Wildman–Crippen MR) is 69.5 cm³/mol. The van der Waals surface area contributed by atoms with Gasteiger partial charge in [-0.05, 0) is 25.5 Å². The molecule has 2 nitrogen and oxygen atoms in total. The average molecular weight is 216 g/mol. The molecule has 0 aliphatic carbocycles. The molecule has 2 rings (SSSR count). The number of benzene rings is 1. The first-order valence-electron chi connectivity index (χ1n) is 5.74. The summed E-state index contributed by atoms with van der Waals surface area (Å²) in [4.78, 5) is 0. The van der Waals surface area contributed by atoms with E-state index in [9.17, 15) is 0 Å².